The Bertz CT molecular complexity index is 323. The van der Waals surface area contributed by atoms with Crippen LogP contribution in [0, 0.1) is 11.8 Å². The highest BCUT2D eigenvalue weighted by atomic mass is 16.5. The van der Waals surface area contributed by atoms with Crippen LogP contribution in [0.4, 0.5) is 0 Å². The van der Waals surface area contributed by atoms with Gasteiger partial charge in [-0.3, -0.25) is 4.79 Å². The first-order valence-corrected chi connectivity index (χ1v) is 6.17. The third kappa shape index (κ3) is 5.98. The molecule has 4 unspecified atom stereocenters. The van der Waals surface area contributed by atoms with Crippen LogP contribution in [0.5, 0.6) is 0 Å². The Morgan fingerprint density at radius 1 is 1.33 bits per heavy atom. The second-order valence-corrected chi connectivity index (χ2v) is 4.77. The van der Waals surface area contributed by atoms with Gasteiger partial charge in [0.05, 0.1) is 12.0 Å². The molecule has 0 saturated carbocycles. The molecule has 0 aliphatic heterocycles. The SMILES string of the molecule is COC(C)C(C)C=C(C)C=CC(N)C(C)C(=O)O. The number of rotatable bonds is 7. The number of carboxylic acids is 1. The molecule has 0 aromatic heterocycles. The van der Waals surface area contributed by atoms with E-state index in [1.54, 1.807) is 20.1 Å². The van der Waals surface area contributed by atoms with Gasteiger partial charge in [0.1, 0.15) is 0 Å². The molecule has 0 heterocycles. The molecule has 0 amide bonds. The molecule has 3 N–H and O–H groups in total. The number of hydrogen-bond acceptors (Lipinski definition) is 3. The molecule has 4 nitrogen and oxygen atoms in total. The van der Waals surface area contributed by atoms with E-state index in [1.807, 2.05) is 19.9 Å². The Morgan fingerprint density at radius 3 is 2.33 bits per heavy atom. The van der Waals surface area contributed by atoms with Gasteiger partial charge in [0.25, 0.3) is 0 Å². The van der Waals surface area contributed by atoms with Crippen LogP contribution in [0.3, 0.4) is 0 Å². The summed E-state index contributed by atoms with van der Waals surface area (Å²) in [6.07, 6.45) is 5.83. The predicted octanol–water partition coefficient (Wildman–Crippen LogP) is 2.21. The Hall–Kier alpha value is -1.13. The zero-order valence-electron chi connectivity index (χ0n) is 11.9. The van der Waals surface area contributed by atoms with Crippen molar-refractivity contribution in [1.29, 1.82) is 0 Å². The maximum absolute atomic E-state index is 10.7. The van der Waals surface area contributed by atoms with Crippen molar-refractivity contribution in [2.45, 2.75) is 39.8 Å². The molecule has 0 aromatic rings. The Labute approximate surface area is 110 Å². The zero-order chi connectivity index (χ0) is 14.3. The van der Waals surface area contributed by atoms with E-state index in [2.05, 4.69) is 13.0 Å². The molecule has 18 heavy (non-hydrogen) atoms. The highest BCUT2D eigenvalue weighted by Gasteiger charge is 2.17. The molecule has 0 rings (SSSR count). The van der Waals surface area contributed by atoms with Crippen molar-refractivity contribution in [2.75, 3.05) is 7.11 Å². The summed E-state index contributed by atoms with van der Waals surface area (Å²) in [6, 6.07) is -0.471. The fourth-order valence-corrected chi connectivity index (χ4v) is 1.41. The molecular weight excluding hydrogens is 230 g/mol. The Morgan fingerprint density at radius 2 is 1.89 bits per heavy atom. The molecule has 0 fully saturated rings. The van der Waals surface area contributed by atoms with E-state index in [-0.39, 0.29) is 6.10 Å². The zero-order valence-corrected chi connectivity index (χ0v) is 11.9. The smallest absolute Gasteiger partial charge is 0.308 e. The van der Waals surface area contributed by atoms with Crippen molar-refractivity contribution < 1.29 is 14.6 Å². The van der Waals surface area contributed by atoms with E-state index in [0.29, 0.717) is 5.92 Å². The van der Waals surface area contributed by atoms with Gasteiger partial charge >= 0.3 is 5.97 Å². The quantitative estimate of drug-likeness (QED) is 0.684. The van der Waals surface area contributed by atoms with E-state index in [9.17, 15) is 4.79 Å². The summed E-state index contributed by atoms with van der Waals surface area (Å²) >= 11 is 0. The maximum atomic E-state index is 10.7. The summed E-state index contributed by atoms with van der Waals surface area (Å²) in [6.45, 7) is 7.65. The van der Waals surface area contributed by atoms with Gasteiger partial charge in [0.2, 0.25) is 0 Å². The second kappa shape index (κ2) is 8.06. The summed E-state index contributed by atoms with van der Waals surface area (Å²) in [7, 11) is 1.69. The van der Waals surface area contributed by atoms with Crippen molar-refractivity contribution in [3.8, 4) is 0 Å². The van der Waals surface area contributed by atoms with Crippen molar-refractivity contribution in [3.63, 3.8) is 0 Å². The number of hydrogen-bond donors (Lipinski definition) is 2. The van der Waals surface area contributed by atoms with Crippen molar-refractivity contribution in [2.24, 2.45) is 17.6 Å². The van der Waals surface area contributed by atoms with Crippen LogP contribution in [-0.4, -0.2) is 30.3 Å². The van der Waals surface area contributed by atoms with Crippen LogP contribution in [0.1, 0.15) is 27.7 Å². The number of nitrogens with two attached hydrogens (primary N) is 1. The minimum atomic E-state index is -0.879. The van der Waals surface area contributed by atoms with Gasteiger partial charge in [0, 0.05) is 19.1 Å². The Balaban J connectivity index is 4.51. The van der Waals surface area contributed by atoms with Gasteiger partial charge in [-0.2, -0.15) is 0 Å². The van der Waals surface area contributed by atoms with Crippen LogP contribution >= 0.6 is 0 Å². The topological polar surface area (TPSA) is 72.5 Å². The molecule has 104 valence electrons. The number of ether oxygens (including phenoxy) is 1. The van der Waals surface area contributed by atoms with Crippen LogP contribution in [-0.2, 0) is 9.53 Å². The van der Waals surface area contributed by atoms with Gasteiger partial charge < -0.3 is 15.6 Å². The molecule has 0 bridgehead atoms. The van der Waals surface area contributed by atoms with Crippen LogP contribution in [0.25, 0.3) is 0 Å². The average Bonchev–Trinajstić information content (AvgIpc) is 2.33. The predicted molar refractivity (Wildman–Crippen MR) is 73.3 cm³/mol. The highest BCUT2D eigenvalue weighted by molar-refractivity contribution is 5.70. The van der Waals surface area contributed by atoms with E-state index >= 15 is 0 Å². The lowest BCUT2D eigenvalue weighted by atomic mass is 10.00. The number of allylic oxidation sites excluding steroid dienone is 2. The first-order valence-electron chi connectivity index (χ1n) is 6.17. The third-order valence-corrected chi connectivity index (χ3v) is 3.19. The lowest BCUT2D eigenvalue weighted by Crippen LogP contribution is -2.31. The summed E-state index contributed by atoms with van der Waals surface area (Å²) < 4.78 is 5.24. The number of aliphatic carboxylic acids is 1. The molecule has 0 radical (unpaired) electrons. The van der Waals surface area contributed by atoms with Crippen molar-refractivity contribution in [1.82, 2.24) is 0 Å². The first-order chi connectivity index (χ1) is 8.29. The number of carboxylic acid groups (broad SMARTS) is 1. The van der Waals surface area contributed by atoms with Gasteiger partial charge in [-0.1, -0.05) is 37.6 Å². The number of methoxy groups -OCH3 is 1. The normalized spacial score (nSPS) is 19.6. The maximum Gasteiger partial charge on any atom is 0.308 e. The van der Waals surface area contributed by atoms with Crippen molar-refractivity contribution >= 4 is 5.97 Å². The molecule has 0 aliphatic rings. The largest absolute Gasteiger partial charge is 0.481 e. The lowest BCUT2D eigenvalue weighted by Gasteiger charge is -2.15. The van der Waals surface area contributed by atoms with Gasteiger partial charge in [-0.05, 0) is 13.8 Å². The monoisotopic (exact) mass is 255 g/mol. The average molecular weight is 255 g/mol. The standard InChI is InChI=1S/C14H25NO3/c1-9(8-10(2)12(4)18-5)6-7-13(15)11(3)14(16)17/h6-8,10-13H,15H2,1-5H3,(H,16,17). The first kappa shape index (κ1) is 16.9. The number of carbonyl (C=O) groups is 1. The molecular formula is C14H25NO3. The van der Waals surface area contributed by atoms with E-state index in [4.69, 9.17) is 15.6 Å². The molecule has 0 spiro atoms. The fraction of sp³-hybridized carbons (Fsp3) is 0.643. The third-order valence-electron chi connectivity index (χ3n) is 3.19. The van der Waals surface area contributed by atoms with E-state index in [0.717, 1.165) is 5.57 Å². The summed E-state index contributed by atoms with van der Waals surface area (Å²) in [4.78, 5) is 10.7. The lowest BCUT2D eigenvalue weighted by molar-refractivity contribution is -0.141. The van der Waals surface area contributed by atoms with E-state index in [1.165, 1.54) is 0 Å². The highest BCUT2D eigenvalue weighted by Crippen LogP contribution is 2.12. The van der Waals surface area contributed by atoms with E-state index < -0.39 is 17.9 Å². The van der Waals surface area contributed by atoms with Crippen LogP contribution < -0.4 is 5.73 Å². The summed E-state index contributed by atoms with van der Waals surface area (Å²) in [5.41, 5.74) is 6.82. The summed E-state index contributed by atoms with van der Waals surface area (Å²) in [5.74, 6) is -1.16. The minimum Gasteiger partial charge on any atom is -0.481 e. The van der Waals surface area contributed by atoms with Crippen molar-refractivity contribution in [3.05, 3.63) is 23.8 Å². The fourth-order valence-electron chi connectivity index (χ4n) is 1.41. The molecule has 0 aliphatic carbocycles. The minimum absolute atomic E-state index is 0.153. The molecule has 0 aromatic carbocycles. The van der Waals surface area contributed by atoms with Crippen LogP contribution in [0.15, 0.2) is 23.8 Å². The van der Waals surface area contributed by atoms with Gasteiger partial charge in [0.15, 0.2) is 0 Å². The molecule has 4 heteroatoms. The summed E-state index contributed by atoms with van der Waals surface area (Å²) in [5, 5.41) is 8.82. The van der Waals surface area contributed by atoms with Gasteiger partial charge in [-0.25, -0.2) is 0 Å². The Kier molecular flexibility index (Phi) is 7.55. The van der Waals surface area contributed by atoms with Crippen LogP contribution in [0.2, 0.25) is 0 Å². The molecule has 4 atom stereocenters. The van der Waals surface area contributed by atoms with Gasteiger partial charge in [-0.15, -0.1) is 0 Å². The molecule has 0 saturated heterocycles. The second-order valence-electron chi connectivity index (χ2n) is 4.77.